The number of halogens is 1. The van der Waals surface area contributed by atoms with Crippen molar-refractivity contribution in [3.05, 3.63) is 58.4 Å². The van der Waals surface area contributed by atoms with Gasteiger partial charge >= 0.3 is 0 Å². The Hall–Kier alpha value is -2.07. The van der Waals surface area contributed by atoms with E-state index in [1.807, 2.05) is 31.2 Å². The summed E-state index contributed by atoms with van der Waals surface area (Å²) in [6.45, 7) is 2.53. The summed E-state index contributed by atoms with van der Waals surface area (Å²) in [5.74, 6) is -0.196. The Kier molecular flexibility index (Phi) is 4.25. The highest BCUT2D eigenvalue weighted by atomic mass is 35.5. The molecule has 1 aromatic heterocycles. The molecule has 0 unspecified atom stereocenters. The zero-order valence-electron chi connectivity index (χ0n) is 11.4. The molecule has 0 saturated heterocycles. The molecule has 1 heterocycles. The van der Waals surface area contributed by atoms with Crippen LogP contribution in [0.15, 0.2) is 36.5 Å². The molecule has 4 nitrogen and oxygen atoms in total. The molecule has 1 amide bonds. The highest BCUT2D eigenvalue weighted by Crippen LogP contribution is 2.19. The summed E-state index contributed by atoms with van der Waals surface area (Å²) in [5.41, 5.74) is 8.63. The summed E-state index contributed by atoms with van der Waals surface area (Å²) in [7, 11) is 1.73. The molecule has 0 aliphatic carbocycles. The number of benzene rings is 1. The van der Waals surface area contributed by atoms with Gasteiger partial charge in [-0.2, -0.15) is 0 Å². The van der Waals surface area contributed by atoms with Crippen molar-refractivity contribution in [1.82, 2.24) is 9.88 Å². The lowest BCUT2D eigenvalue weighted by Gasteiger charge is -2.19. The van der Waals surface area contributed by atoms with Crippen molar-refractivity contribution < 1.29 is 4.79 Å². The Morgan fingerprint density at radius 1 is 1.40 bits per heavy atom. The predicted molar refractivity (Wildman–Crippen MR) is 80.6 cm³/mol. The summed E-state index contributed by atoms with van der Waals surface area (Å²) >= 11 is 5.96. The minimum absolute atomic E-state index is 0.167. The van der Waals surface area contributed by atoms with Crippen molar-refractivity contribution in [2.45, 2.75) is 13.5 Å². The number of nitrogens with zero attached hydrogens (tertiary/aromatic N) is 2. The third-order valence-electron chi connectivity index (χ3n) is 3.11. The number of anilines is 1. The molecule has 2 rings (SSSR count). The number of carbonyl (C=O) groups is 1. The maximum atomic E-state index is 12.4. The Morgan fingerprint density at radius 3 is 2.80 bits per heavy atom. The fraction of sp³-hybridized carbons (Fsp3) is 0.200. The molecule has 0 radical (unpaired) electrons. The highest BCUT2D eigenvalue weighted by molar-refractivity contribution is 6.32. The summed E-state index contributed by atoms with van der Waals surface area (Å²) in [6, 6.07) is 9.49. The molecule has 0 aliphatic rings. The molecule has 0 bridgehead atoms. The van der Waals surface area contributed by atoms with Gasteiger partial charge in [-0.25, -0.2) is 4.98 Å². The van der Waals surface area contributed by atoms with Gasteiger partial charge in [0.1, 0.15) is 5.15 Å². The number of hydrogen-bond acceptors (Lipinski definition) is 3. The number of hydrogen-bond donors (Lipinski definition) is 1. The van der Waals surface area contributed by atoms with Crippen LogP contribution in [0.4, 0.5) is 5.69 Å². The number of nitrogen functional groups attached to an aromatic ring is 1. The molecule has 0 saturated carbocycles. The quantitative estimate of drug-likeness (QED) is 0.884. The number of carbonyl (C=O) groups excluding carboxylic acids is 1. The van der Waals surface area contributed by atoms with Crippen molar-refractivity contribution in [1.29, 1.82) is 0 Å². The fourth-order valence-electron chi connectivity index (χ4n) is 1.93. The standard InChI is InChI=1S/C15H16ClN3O/c1-10-5-3-4-6-11(10)9-19(2)15(20)13-7-12(17)8-18-14(13)16/h3-8H,9,17H2,1-2H3. The van der Waals surface area contributed by atoms with Crippen LogP contribution < -0.4 is 5.73 Å². The van der Waals surface area contributed by atoms with Crippen molar-refractivity contribution in [2.24, 2.45) is 0 Å². The Labute approximate surface area is 123 Å². The van der Waals surface area contributed by atoms with E-state index in [1.54, 1.807) is 18.0 Å². The average molecular weight is 290 g/mol. The van der Waals surface area contributed by atoms with Crippen LogP contribution in [0.2, 0.25) is 5.15 Å². The molecule has 104 valence electrons. The summed E-state index contributed by atoms with van der Waals surface area (Å²) in [6.07, 6.45) is 1.43. The smallest absolute Gasteiger partial charge is 0.257 e. The van der Waals surface area contributed by atoms with Crippen LogP contribution in [0.5, 0.6) is 0 Å². The van der Waals surface area contributed by atoms with Crippen LogP contribution >= 0.6 is 11.6 Å². The van der Waals surface area contributed by atoms with Gasteiger partial charge in [-0.3, -0.25) is 4.79 Å². The van der Waals surface area contributed by atoms with Gasteiger partial charge < -0.3 is 10.6 Å². The molecule has 0 spiro atoms. The normalized spacial score (nSPS) is 10.3. The predicted octanol–water partition coefficient (Wildman–Crippen LogP) is 2.90. The number of pyridine rings is 1. The van der Waals surface area contributed by atoms with E-state index in [9.17, 15) is 4.79 Å². The third kappa shape index (κ3) is 3.08. The summed E-state index contributed by atoms with van der Waals surface area (Å²) in [4.78, 5) is 17.9. The van der Waals surface area contributed by atoms with E-state index in [1.165, 1.54) is 6.20 Å². The molecule has 2 aromatic rings. The van der Waals surface area contributed by atoms with E-state index in [0.717, 1.165) is 11.1 Å². The van der Waals surface area contributed by atoms with Gasteiger partial charge in [0.15, 0.2) is 0 Å². The second-order valence-electron chi connectivity index (χ2n) is 4.69. The zero-order valence-corrected chi connectivity index (χ0v) is 12.2. The molecule has 2 N–H and O–H groups in total. The largest absolute Gasteiger partial charge is 0.397 e. The van der Waals surface area contributed by atoms with Gasteiger partial charge in [-0.15, -0.1) is 0 Å². The fourth-order valence-corrected chi connectivity index (χ4v) is 2.12. The molecule has 0 atom stereocenters. The van der Waals surface area contributed by atoms with Gasteiger partial charge in [-0.1, -0.05) is 35.9 Å². The minimum atomic E-state index is -0.196. The van der Waals surface area contributed by atoms with Crippen LogP contribution in [-0.2, 0) is 6.54 Å². The van der Waals surface area contributed by atoms with Gasteiger partial charge in [0.25, 0.3) is 5.91 Å². The number of rotatable bonds is 3. The van der Waals surface area contributed by atoms with Crippen molar-refractivity contribution in [3.8, 4) is 0 Å². The SMILES string of the molecule is Cc1ccccc1CN(C)C(=O)c1cc(N)cnc1Cl. The second kappa shape index (κ2) is 5.92. The van der Waals surface area contributed by atoms with Gasteiger partial charge in [0.05, 0.1) is 17.4 Å². The molecule has 20 heavy (non-hydrogen) atoms. The van der Waals surface area contributed by atoms with Gasteiger partial charge in [-0.05, 0) is 24.1 Å². The molecule has 5 heteroatoms. The van der Waals surface area contributed by atoms with Crippen molar-refractivity contribution in [2.75, 3.05) is 12.8 Å². The van der Waals surface area contributed by atoms with Crippen molar-refractivity contribution in [3.63, 3.8) is 0 Å². The minimum Gasteiger partial charge on any atom is -0.397 e. The summed E-state index contributed by atoms with van der Waals surface area (Å²) in [5, 5.41) is 0.167. The van der Waals surface area contributed by atoms with Gasteiger partial charge in [0.2, 0.25) is 0 Å². The number of amides is 1. The Bertz CT molecular complexity index is 643. The first-order valence-corrected chi connectivity index (χ1v) is 6.58. The molecule has 0 aliphatic heterocycles. The average Bonchev–Trinajstić information content (AvgIpc) is 2.43. The number of nitrogens with two attached hydrogens (primary N) is 1. The Balaban J connectivity index is 2.21. The molecular weight excluding hydrogens is 274 g/mol. The van der Waals surface area contributed by atoms with E-state index >= 15 is 0 Å². The lowest BCUT2D eigenvalue weighted by molar-refractivity contribution is 0.0784. The van der Waals surface area contributed by atoms with Crippen LogP contribution in [0.1, 0.15) is 21.5 Å². The van der Waals surface area contributed by atoms with E-state index in [0.29, 0.717) is 17.8 Å². The first-order valence-electron chi connectivity index (χ1n) is 6.20. The van der Waals surface area contributed by atoms with Crippen LogP contribution in [0.3, 0.4) is 0 Å². The third-order valence-corrected chi connectivity index (χ3v) is 3.41. The number of aromatic nitrogens is 1. The lowest BCUT2D eigenvalue weighted by Crippen LogP contribution is -2.27. The van der Waals surface area contributed by atoms with Gasteiger partial charge in [0, 0.05) is 13.6 Å². The molecule has 0 fully saturated rings. The monoisotopic (exact) mass is 289 g/mol. The zero-order chi connectivity index (χ0) is 14.7. The van der Waals surface area contributed by atoms with E-state index in [4.69, 9.17) is 17.3 Å². The van der Waals surface area contributed by atoms with E-state index in [2.05, 4.69) is 4.98 Å². The number of aryl methyl sites for hydroxylation is 1. The van der Waals surface area contributed by atoms with Crippen molar-refractivity contribution >= 4 is 23.2 Å². The lowest BCUT2D eigenvalue weighted by atomic mass is 10.1. The van der Waals surface area contributed by atoms with E-state index in [-0.39, 0.29) is 11.1 Å². The van der Waals surface area contributed by atoms with Crippen LogP contribution in [0.25, 0.3) is 0 Å². The van der Waals surface area contributed by atoms with E-state index < -0.39 is 0 Å². The maximum absolute atomic E-state index is 12.4. The van der Waals surface area contributed by atoms with Crippen LogP contribution in [-0.4, -0.2) is 22.8 Å². The summed E-state index contributed by atoms with van der Waals surface area (Å²) < 4.78 is 0. The topological polar surface area (TPSA) is 59.2 Å². The first-order chi connectivity index (χ1) is 9.49. The van der Waals surface area contributed by atoms with Crippen LogP contribution in [0, 0.1) is 6.92 Å². The highest BCUT2D eigenvalue weighted by Gasteiger charge is 2.17. The second-order valence-corrected chi connectivity index (χ2v) is 5.05. The molecular formula is C15H16ClN3O. The first kappa shape index (κ1) is 14.3. The maximum Gasteiger partial charge on any atom is 0.257 e. The molecule has 1 aromatic carbocycles. The Morgan fingerprint density at radius 2 is 2.10 bits per heavy atom.